The first-order valence-electron chi connectivity index (χ1n) is 10.3. The number of piperidine rings is 1. The number of rotatable bonds is 6. The Balaban J connectivity index is 1.37. The molecule has 1 N–H and O–H groups in total. The van der Waals surface area contributed by atoms with Crippen molar-refractivity contribution in [3.63, 3.8) is 0 Å². The normalized spacial score (nSPS) is 19.8. The van der Waals surface area contributed by atoms with Crippen LogP contribution in [-0.4, -0.2) is 49.2 Å². The van der Waals surface area contributed by atoms with Gasteiger partial charge in [0.2, 0.25) is 0 Å². The van der Waals surface area contributed by atoms with Crippen LogP contribution in [0.25, 0.3) is 0 Å². The SMILES string of the molecule is O=C(NCC1CCCCN1Cc1ccccc1)c1cccc(N2CCOC2=O)c1. The zero-order valence-electron chi connectivity index (χ0n) is 16.5. The number of hydrogen-bond acceptors (Lipinski definition) is 4. The van der Waals surface area contributed by atoms with Crippen molar-refractivity contribution >= 4 is 17.7 Å². The Hall–Kier alpha value is -2.86. The third kappa shape index (κ3) is 4.77. The highest BCUT2D eigenvalue weighted by molar-refractivity contribution is 5.97. The summed E-state index contributed by atoms with van der Waals surface area (Å²) in [6.07, 6.45) is 3.12. The van der Waals surface area contributed by atoms with E-state index in [4.69, 9.17) is 4.74 Å². The average Bonchev–Trinajstić information content (AvgIpc) is 3.19. The van der Waals surface area contributed by atoms with Crippen LogP contribution in [0.2, 0.25) is 0 Å². The van der Waals surface area contributed by atoms with Crippen LogP contribution in [0.4, 0.5) is 10.5 Å². The number of nitrogens with zero attached hydrogens (tertiary/aromatic N) is 2. The van der Waals surface area contributed by atoms with E-state index in [-0.39, 0.29) is 12.0 Å². The second-order valence-electron chi connectivity index (χ2n) is 7.63. The topological polar surface area (TPSA) is 61.9 Å². The summed E-state index contributed by atoms with van der Waals surface area (Å²) in [5.74, 6) is -0.107. The van der Waals surface area contributed by atoms with Crippen LogP contribution in [0.3, 0.4) is 0 Å². The molecule has 1 atom stereocenters. The molecular weight excluding hydrogens is 366 g/mol. The number of carbonyl (C=O) groups is 2. The molecule has 6 heteroatoms. The second kappa shape index (κ2) is 9.09. The van der Waals surface area contributed by atoms with E-state index in [9.17, 15) is 9.59 Å². The van der Waals surface area contributed by atoms with Gasteiger partial charge < -0.3 is 10.1 Å². The molecule has 0 bridgehead atoms. The maximum absolute atomic E-state index is 12.7. The first-order valence-corrected chi connectivity index (χ1v) is 10.3. The quantitative estimate of drug-likeness (QED) is 0.817. The predicted octanol–water partition coefficient (Wildman–Crippen LogP) is 3.43. The van der Waals surface area contributed by atoms with Crippen molar-refractivity contribution in [3.8, 4) is 0 Å². The summed E-state index contributed by atoms with van der Waals surface area (Å²) >= 11 is 0. The molecule has 2 saturated heterocycles. The van der Waals surface area contributed by atoms with Crippen molar-refractivity contribution < 1.29 is 14.3 Å². The van der Waals surface area contributed by atoms with Gasteiger partial charge in [0.1, 0.15) is 6.61 Å². The molecule has 1 unspecified atom stereocenters. The Kier molecular flexibility index (Phi) is 6.10. The van der Waals surface area contributed by atoms with Crippen molar-refractivity contribution in [1.29, 1.82) is 0 Å². The Bertz CT molecular complexity index is 855. The zero-order valence-corrected chi connectivity index (χ0v) is 16.5. The number of anilines is 1. The molecular formula is C23H27N3O3. The summed E-state index contributed by atoms with van der Waals surface area (Å²) < 4.78 is 4.99. The highest BCUT2D eigenvalue weighted by Gasteiger charge is 2.25. The summed E-state index contributed by atoms with van der Waals surface area (Å²) in [5.41, 5.74) is 2.56. The van der Waals surface area contributed by atoms with E-state index in [0.717, 1.165) is 19.5 Å². The van der Waals surface area contributed by atoms with E-state index >= 15 is 0 Å². The third-order valence-electron chi connectivity index (χ3n) is 5.66. The van der Waals surface area contributed by atoms with Gasteiger partial charge in [-0.2, -0.15) is 0 Å². The Morgan fingerprint density at radius 3 is 2.72 bits per heavy atom. The second-order valence-corrected chi connectivity index (χ2v) is 7.63. The summed E-state index contributed by atoms with van der Waals surface area (Å²) in [4.78, 5) is 28.5. The smallest absolute Gasteiger partial charge is 0.414 e. The molecule has 2 aliphatic heterocycles. The van der Waals surface area contributed by atoms with Crippen molar-refractivity contribution in [1.82, 2.24) is 10.2 Å². The number of likely N-dealkylation sites (tertiary alicyclic amines) is 1. The minimum Gasteiger partial charge on any atom is -0.447 e. The average molecular weight is 393 g/mol. The highest BCUT2D eigenvalue weighted by Crippen LogP contribution is 2.21. The lowest BCUT2D eigenvalue weighted by molar-refractivity contribution is 0.0907. The fraction of sp³-hybridized carbons (Fsp3) is 0.391. The van der Waals surface area contributed by atoms with Crippen molar-refractivity contribution in [3.05, 3.63) is 65.7 Å². The van der Waals surface area contributed by atoms with Gasteiger partial charge in [-0.05, 0) is 43.1 Å². The minimum atomic E-state index is -0.360. The molecule has 4 rings (SSSR count). The number of nitrogens with one attached hydrogen (secondary N) is 1. The number of benzene rings is 2. The van der Waals surface area contributed by atoms with E-state index in [1.807, 2.05) is 12.1 Å². The van der Waals surface area contributed by atoms with Gasteiger partial charge in [0.15, 0.2) is 0 Å². The molecule has 29 heavy (non-hydrogen) atoms. The van der Waals surface area contributed by atoms with E-state index in [1.54, 1.807) is 23.1 Å². The van der Waals surface area contributed by atoms with Gasteiger partial charge in [-0.3, -0.25) is 14.6 Å². The third-order valence-corrected chi connectivity index (χ3v) is 5.66. The number of hydrogen-bond donors (Lipinski definition) is 1. The van der Waals surface area contributed by atoms with Gasteiger partial charge in [-0.25, -0.2) is 4.79 Å². The van der Waals surface area contributed by atoms with E-state index in [1.165, 1.54) is 18.4 Å². The fourth-order valence-corrected chi connectivity index (χ4v) is 4.07. The molecule has 0 aromatic heterocycles. The summed E-state index contributed by atoms with van der Waals surface area (Å²) in [6.45, 7) is 3.49. The van der Waals surface area contributed by atoms with Crippen LogP contribution in [0, 0.1) is 0 Å². The lowest BCUT2D eigenvalue weighted by Gasteiger charge is -2.36. The van der Waals surface area contributed by atoms with E-state index in [0.29, 0.717) is 37.0 Å². The first kappa shape index (κ1) is 19.5. The van der Waals surface area contributed by atoms with Gasteiger partial charge >= 0.3 is 6.09 Å². The summed E-state index contributed by atoms with van der Waals surface area (Å²) in [5, 5.41) is 3.10. The lowest BCUT2D eigenvalue weighted by atomic mass is 10.0. The van der Waals surface area contributed by atoms with Crippen LogP contribution >= 0.6 is 0 Å². The highest BCUT2D eigenvalue weighted by atomic mass is 16.6. The Morgan fingerprint density at radius 2 is 1.93 bits per heavy atom. The molecule has 6 nitrogen and oxygen atoms in total. The molecule has 152 valence electrons. The number of cyclic esters (lactones) is 1. The standard InChI is InChI=1S/C23H27N3O3/c27-22(19-9-6-11-20(15-19)26-13-14-29-23(26)28)24-16-21-10-4-5-12-25(21)17-18-7-2-1-3-8-18/h1-3,6-9,11,15,21H,4-5,10,12-14,16-17H2,(H,24,27). The molecule has 2 aromatic carbocycles. The van der Waals surface area contributed by atoms with Crippen molar-refractivity contribution in [2.45, 2.75) is 31.8 Å². The van der Waals surface area contributed by atoms with Crippen LogP contribution in [0.15, 0.2) is 54.6 Å². The predicted molar refractivity (Wildman–Crippen MR) is 112 cm³/mol. The van der Waals surface area contributed by atoms with Crippen LogP contribution < -0.4 is 10.2 Å². The molecule has 2 aromatic rings. The fourth-order valence-electron chi connectivity index (χ4n) is 4.07. The molecule has 2 aliphatic rings. The van der Waals surface area contributed by atoms with Gasteiger partial charge in [0.05, 0.1) is 6.54 Å². The van der Waals surface area contributed by atoms with E-state index in [2.05, 4.69) is 34.5 Å². The van der Waals surface area contributed by atoms with Gasteiger partial charge in [0.25, 0.3) is 5.91 Å². The van der Waals surface area contributed by atoms with Crippen LogP contribution in [0.5, 0.6) is 0 Å². The molecule has 0 saturated carbocycles. The van der Waals surface area contributed by atoms with Crippen LogP contribution in [-0.2, 0) is 11.3 Å². The zero-order chi connectivity index (χ0) is 20.1. The number of amides is 2. The molecule has 2 amide bonds. The molecule has 0 aliphatic carbocycles. The van der Waals surface area contributed by atoms with Gasteiger partial charge in [-0.1, -0.05) is 42.8 Å². The Labute approximate surface area is 171 Å². The summed E-state index contributed by atoms with van der Waals surface area (Å²) in [6, 6.07) is 18.0. The van der Waals surface area contributed by atoms with E-state index < -0.39 is 0 Å². The number of ether oxygens (including phenoxy) is 1. The monoisotopic (exact) mass is 393 g/mol. The van der Waals surface area contributed by atoms with Crippen molar-refractivity contribution in [2.24, 2.45) is 0 Å². The number of carbonyl (C=O) groups excluding carboxylic acids is 2. The van der Waals surface area contributed by atoms with Crippen molar-refractivity contribution in [2.75, 3.05) is 31.1 Å². The maximum Gasteiger partial charge on any atom is 0.414 e. The largest absolute Gasteiger partial charge is 0.447 e. The minimum absolute atomic E-state index is 0.107. The molecule has 2 fully saturated rings. The first-order chi connectivity index (χ1) is 14.2. The molecule has 0 spiro atoms. The van der Waals surface area contributed by atoms with Gasteiger partial charge in [-0.15, -0.1) is 0 Å². The molecule has 2 heterocycles. The molecule has 0 radical (unpaired) electrons. The maximum atomic E-state index is 12.7. The van der Waals surface area contributed by atoms with Crippen LogP contribution in [0.1, 0.15) is 35.2 Å². The summed E-state index contributed by atoms with van der Waals surface area (Å²) in [7, 11) is 0. The Morgan fingerprint density at radius 1 is 1.07 bits per heavy atom. The van der Waals surface area contributed by atoms with Gasteiger partial charge in [0, 0.05) is 30.4 Å². The lowest BCUT2D eigenvalue weighted by Crippen LogP contribution is -2.46.